The van der Waals surface area contributed by atoms with Gasteiger partial charge in [0.25, 0.3) is 11.2 Å². The summed E-state index contributed by atoms with van der Waals surface area (Å²) in [6.07, 6.45) is 2.48. The van der Waals surface area contributed by atoms with Gasteiger partial charge in [0.05, 0.1) is 10.6 Å². The number of nitrogens with zero attached hydrogens (tertiary/aromatic N) is 2. The van der Waals surface area contributed by atoms with Crippen molar-refractivity contribution in [1.82, 2.24) is 9.97 Å². The number of hydrogen-bond acceptors (Lipinski definition) is 4. The van der Waals surface area contributed by atoms with Crippen LogP contribution in [0.25, 0.3) is 11.4 Å². The highest BCUT2D eigenvalue weighted by atomic mass is 16.6. The zero-order valence-corrected chi connectivity index (χ0v) is 10.0. The highest BCUT2D eigenvalue weighted by Gasteiger charge is 2.18. The van der Waals surface area contributed by atoms with Crippen LogP contribution in [0.5, 0.6) is 0 Å². The minimum absolute atomic E-state index is 0.0133. The van der Waals surface area contributed by atoms with Gasteiger partial charge in [0, 0.05) is 23.3 Å². The van der Waals surface area contributed by atoms with Crippen molar-refractivity contribution in [3.8, 4) is 11.4 Å². The van der Waals surface area contributed by atoms with Gasteiger partial charge in [0.15, 0.2) is 0 Å². The average molecular weight is 257 g/mol. The molecule has 1 aromatic heterocycles. The summed E-state index contributed by atoms with van der Waals surface area (Å²) in [7, 11) is 0. The van der Waals surface area contributed by atoms with E-state index in [4.69, 9.17) is 0 Å². The van der Waals surface area contributed by atoms with Gasteiger partial charge in [-0.25, -0.2) is 4.98 Å². The van der Waals surface area contributed by atoms with Crippen LogP contribution in [0.3, 0.4) is 0 Å². The van der Waals surface area contributed by atoms with Crippen molar-refractivity contribution in [2.24, 2.45) is 0 Å². The molecule has 0 aliphatic heterocycles. The first kappa shape index (κ1) is 11.6. The van der Waals surface area contributed by atoms with E-state index in [-0.39, 0.29) is 11.2 Å². The normalized spacial score (nSPS) is 13.3. The summed E-state index contributed by atoms with van der Waals surface area (Å²) in [5, 5.41) is 10.8. The Morgan fingerprint density at radius 1 is 1.32 bits per heavy atom. The molecule has 1 aliphatic rings. The minimum Gasteiger partial charge on any atom is -0.306 e. The standard InChI is InChI=1S/C13H11N3O3/c17-13-10-5-2-6-11(10)14-12(15-13)8-3-1-4-9(7-8)16(18)19/h1,3-4,7H,2,5-6H2,(H,14,15,17). The van der Waals surface area contributed by atoms with Crippen molar-refractivity contribution in [3.63, 3.8) is 0 Å². The Morgan fingerprint density at radius 3 is 2.95 bits per heavy atom. The van der Waals surface area contributed by atoms with Gasteiger partial charge in [-0.15, -0.1) is 0 Å². The quantitative estimate of drug-likeness (QED) is 0.656. The molecule has 0 fully saturated rings. The third kappa shape index (κ3) is 2.01. The maximum absolute atomic E-state index is 11.9. The van der Waals surface area contributed by atoms with Crippen LogP contribution < -0.4 is 5.56 Å². The smallest absolute Gasteiger partial charge is 0.270 e. The fraction of sp³-hybridized carbons (Fsp3) is 0.231. The number of nitrogens with one attached hydrogen (secondary N) is 1. The summed E-state index contributed by atoms with van der Waals surface area (Å²) in [6, 6.07) is 6.11. The number of nitro benzene ring substituents is 1. The van der Waals surface area contributed by atoms with Crippen LogP contribution in [0, 0.1) is 10.1 Å². The van der Waals surface area contributed by atoms with Gasteiger partial charge in [-0.3, -0.25) is 14.9 Å². The van der Waals surface area contributed by atoms with E-state index in [1.165, 1.54) is 12.1 Å². The number of aryl methyl sites for hydroxylation is 1. The number of rotatable bonds is 2. The average Bonchev–Trinajstić information content (AvgIpc) is 2.87. The van der Waals surface area contributed by atoms with Crippen molar-refractivity contribution < 1.29 is 4.92 Å². The number of H-pyrrole nitrogens is 1. The van der Waals surface area contributed by atoms with Gasteiger partial charge in [0.1, 0.15) is 5.82 Å². The van der Waals surface area contributed by atoms with Crippen molar-refractivity contribution in [3.05, 3.63) is 56.0 Å². The lowest BCUT2D eigenvalue weighted by atomic mass is 10.1. The first-order chi connectivity index (χ1) is 9.15. The van der Waals surface area contributed by atoms with Crippen LogP contribution in [-0.2, 0) is 12.8 Å². The van der Waals surface area contributed by atoms with Crippen molar-refractivity contribution >= 4 is 5.69 Å². The first-order valence-corrected chi connectivity index (χ1v) is 6.02. The number of fused-ring (bicyclic) bond motifs is 1. The van der Waals surface area contributed by atoms with Gasteiger partial charge in [-0.05, 0) is 19.3 Å². The van der Waals surface area contributed by atoms with Crippen LogP contribution in [0.15, 0.2) is 29.1 Å². The van der Waals surface area contributed by atoms with Crippen LogP contribution in [0.1, 0.15) is 17.7 Å². The predicted octanol–water partition coefficient (Wildman–Crippen LogP) is 1.83. The molecule has 0 atom stereocenters. The third-order valence-corrected chi connectivity index (χ3v) is 3.27. The molecule has 2 aromatic rings. The monoisotopic (exact) mass is 257 g/mol. The number of non-ortho nitro benzene ring substituents is 1. The molecule has 0 bridgehead atoms. The molecule has 0 unspecified atom stereocenters. The van der Waals surface area contributed by atoms with E-state index in [9.17, 15) is 14.9 Å². The third-order valence-electron chi connectivity index (χ3n) is 3.27. The zero-order chi connectivity index (χ0) is 13.4. The molecule has 1 aliphatic carbocycles. The zero-order valence-electron chi connectivity index (χ0n) is 10.0. The SMILES string of the molecule is O=c1[nH]c(-c2cccc([N+](=O)[O-])c2)nc2c1CCC2. The van der Waals surface area contributed by atoms with E-state index in [1.807, 2.05) is 0 Å². The molecule has 19 heavy (non-hydrogen) atoms. The molecule has 1 heterocycles. The van der Waals surface area contributed by atoms with E-state index in [0.29, 0.717) is 11.4 Å². The fourth-order valence-electron chi connectivity index (χ4n) is 2.35. The van der Waals surface area contributed by atoms with Crippen molar-refractivity contribution in [2.75, 3.05) is 0 Å². The maximum atomic E-state index is 11.9. The van der Waals surface area contributed by atoms with E-state index in [2.05, 4.69) is 9.97 Å². The predicted molar refractivity (Wildman–Crippen MR) is 69.0 cm³/mol. The fourth-order valence-corrected chi connectivity index (χ4v) is 2.35. The van der Waals surface area contributed by atoms with Gasteiger partial charge < -0.3 is 4.98 Å². The van der Waals surface area contributed by atoms with Crippen molar-refractivity contribution in [1.29, 1.82) is 0 Å². The van der Waals surface area contributed by atoms with E-state index in [1.54, 1.807) is 12.1 Å². The van der Waals surface area contributed by atoms with Gasteiger partial charge in [-0.2, -0.15) is 0 Å². The molecule has 6 nitrogen and oxygen atoms in total. The van der Waals surface area contributed by atoms with E-state index < -0.39 is 4.92 Å². The molecule has 0 amide bonds. The number of hydrogen-bond donors (Lipinski definition) is 1. The molecule has 0 spiro atoms. The molecular formula is C13H11N3O3. The Morgan fingerprint density at radius 2 is 2.16 bits per heavy atom. The molecular weight excluding hydrogens is 246 g/mol. The van der Waals surface area contributed by atoms with Gasteiger partial charge in [0.2, 0.25) is 0 Å². The first-order valence-electron chi connectivity index (χ1n) is 6.02. The number of nitro groups is 1. The Bertz CT molecular complexity index is 721. The molecule has 6 heteroatoms. The second-order valence-electron chi connectivity index (χ2n) is 4.50. The number of benzene rings is 1. The molecule has 0 saturated heterocycles. The van der Waals surface area contributed by atoms with Crippen LogP contribution in [0.2, 0.25) is 0 Å². The highest BCUT2D eigenvalue weighted by molar-refractivity contribution is 5.59. The Hall–Kier alpha value is -2.50. The largest absolute Gasteiger partial charge is 0.306 e. The summed E-state index contributed by atoms with van der Waals surface area (Å²) in [5.74, 6) is 0.398. The van der Waals surface area contributed by atoms with Gasteiger partial charge in [-0.1, -0.05) is 12.1 Å². The van der Waals surface area contributed by atoms with E-state index >= 15 is 0 Å². The van der Waals surface area contributed by atoms with Crippen molar-refractivity contribution in [2.45, 2.75) is 19.3 Å². The summed E-state index contributed by atoms with van der Waals surface area (Å²) >= 11 is 0. The highest BCUT2D eigenvalue weighted by Crippen LogP contribution is 2.23. The maximum Gasteiger partial charge on any atom is 0.270 e. The summed E-state index contributed by atoms with van der Waals surface area (Å²) in [5.41, 5.74) is 1.96. The minimum atomic E-state index is -0.463. The second kappa shape index (κ2) is 4.31. The van der Waals surface area contributed by atoms with E-state index in [0.717, 1.165) is 30.5 Å². The molecule has 96 valence electrons. The van der Waals surface area contributed by atoms with Crippen LogP contribution in [0.4, 0.5) is 5.69 Å². The molecule has 3 rings (SSSR count). The van der Waals surface area contributed by atoms with Gasteiger partial charge >= 0.3 is 0 Å². The second-order valence-corrected chi connectivity index (χ2v) is 4.50. The number of aromatic amines is 1. The Balaban J connectivity index is 2.12. The molecule has 0 radical (unpaired) electrons. The summed E-state index contributed by atoms with van der Waals surface area (Å²) in [4.78, 5) is 29.3. The molecule has 1 aromatic carbocycles. The summed E-state index contributed by atoms with van der Waals surface area (Å²) in [6.45, 7) is 0. The topological polar surface area (TPSA) is 88.9 Å². The Kier molecular flexibility index (Phi) is 2.63. The van der Waals surface area contributed by atoms with Crippen LogP contribution in [-0.4, -0.2) is 14.9 Å². The molecule has 0 saturated carbocycles. The number of aromatic nitrogens is 2. The lowest BCUT2D eigenvalue weighted by Crippen LogP contribution is -2.15. The lowest BCUT2D eigenvalue weighted by molar-refractivity contribution is -0.384. The molecule has 1 N–H and O–H groups in total. The lowest BCUT2D eigenvalue weighted by Gasteiger charge is -2.03. The summed E-state index contributed by atoms with van der Waals surface area (Å²) < 4.78 is 0. The van der Waals surface area contributed by atoms with Crippen LogP contribution >= 0.6 is 0 Å². The Labute approximate surface area is 108 Å².